The first-order chi connectivity index (χ1) is 13.8. The van der Waals surface area contributed by atoms with E-state index in [2.05, 4.69) is 50.3 Å². The van der Waals surface area contributed by atoms with Gasteiger partial charge in [0.15, 0.2) is 0 Å². The van der Waals surface area contributed by atoms with Crippen LogP contribution < -0.4 is 4.90 Å². The van der Waals surface area contributed by atoms with Crippen molar-refractivity contribution in [2.24, 2.45) is 11.8 Å². The Kier molecular flexibility index (Phi) is 6.22. The van der Waals surface area contributed by atoms with Gasteiger partial charge >= 0.3 is 0 Å². The van der Waals surface area contributed by atoms with E-state index in [9.17, 15) is 0 Å². The number of carbonyl (C=O) groups is 1. The SMILES string of the molecule is O=CO.c1ccc(C[C@H]2CCC[C@H]3[C@@H]4C[C@@H](CN(c5nncs5)C4)CN23)cc1. The second kappa shape index (κ2) is 9.01. The normalized spacial score (nSPS) is 29.4. The fourth-order valence-corrected chi connectivity index (χ4v) is 6.06. The van der Waals surface area contributed by atoms with E-state index in [4.69, 9.17) is 9.90 Å². The summed E-state index contributed by atoms with van der Waals surface area (Å²) in [7, 11) is 0. The van der Waals surface area contributed by atoms with Crippen LogP contribution in [0.1, 0.15) is 31.2 Å². The molecule has 7 heteroatoms. The van der Waals surface area contributed by atoms with Crippen LogP contribution in [0.4, 0.5) is 5.13 Å². The molecule has 0 aliphatic carbocycles. The molecule has 28 heavy (non-hydrogen) atoms. The Morgan fingerprint density at radius 3 is 2.75 bits per heavy atom. The van der Waals surface area contributed by atoms with Crippen LogP contribution in [-0.2, 0) is 11.2 Å². The molecule has 0 spiro atoms. The largest absolute Gasteiger partial charge is 0.483 e. The molecule has 2 bridgehead atoms. The van der Waals surface area contributed by atoms with E-state index in [-0.39, 0.29) is 6.47 Å². The number of fused-ring (bicyclic) bond motifs is 4. The molecule has 3 saturated heterocycles. The first kappa shape index (κ1) is 19.3. The molecule has 0 saturated carbocycles. The van der Waals surface area contributed by atoms with Gasteiger partial charge in [-0.3, -0.25) is 9.69 Å². The summed E-state index contributed by atoms with van der Waals surface area (Å²) in [5, 5.41) is 16.4. The number of rotatable bonds is 3. The molecule has 1 aromatic carbocycles. The molecule has 3 aliphatic heterocycles. The molecule has 4 heterocycles. The minimum Gasteiger partial charge on any atom is -0.483 e. The van der Waals surface area contributed by atoms with Crippen molar-refractivity contribution in [3.63, 3.8) is 0 Å². The zero-order valence-electron chi connectivity index (χ0n) is 16.1. The van der Waals surface area contributed by atoms with Gasteiger partial charge in [-0.2, -0.15) is 0 Å². The van der Waals surface area contributed by atoms with Crippen LogP contribution >= 0.6 is 11.3 Å². The highest BCUT2D eigenvalue weighted by Gasteiger charge is 2.44. The van der Waals surface area contributed by atoms with Crippen LogP contribution in [-0.4, -0.2) is 58.4 Å². The Morgan fingerprint density at radius 2 is 2.00 bits per heavy atom. The van der Waals surface area contributed by atoms with E-state index in [0.717, 1.165) is 35.6 Å². The van der Waals surface area contributed by atoms with Crippen molar-refractivity contribution in [2.75, 3.05) is 24.5 Å². The molecule has 3 aliphatic rings. The molecule has 5 rings (SSSR count). The number of hydrogen-bond donors (Lipinski definition) is 1. The fraction of sp³-hybridized carbons (Fsp3) is 0.571. The van der Waals surface area contributed by atoms with E-state index in [1.807, 2.05) is 5.51 Å². The first-order valence-electron chi connectivity index (χ1n) is 10.2. The quantitative estimate of drug-likeness (QED) is 0.798. The summed E-state index contributed by atoms with van der Waals surface area (Å²) in [5.41, 5.74) is 3.36. The summed E-state index contributed by atoms with van der Waals surface area (Å²) >= 11 is 1.69. The summed E-state index contributed by atoms with van der Waals surface area (Å²) in [4.78, 5) is 13.8. The lowest BCUT2D eigenvalue weighted by atomic mass is 9.74. The first-order valence-corrected chi connectivity index (χ1v) is 11.0. The van der Waals surface area contributed by atoms with Gasteiger partial charge in [-0.15, -0.1) is 10.2 Å². The summed E-state index contributed by atoms with van der Waals surface area (Å²) < 4.78 is 0. The third-order valence-corrected chi connectivity index (χ3v) is 7.20. The second-order valence-electron chi connectivity index (χ2n) is 8.13. The highest BCUT2D eigenvalue weighted by atomic mass is 32.1. The maximum atomic E-state index is 8.36. The van der Waals surface area contributed by atoms with Gasteiger partial charge in [0.2, 0.25) is 5.13 Å². The highest BCUT2D eigenvalue weighted by molar-refractivity contribution is 7.13. The standard InChI is InChI=1S/C20H26N4S.CH2O2/c1-2-5-15(6-3-1)10-18-7-4-8-19-17-9-16(12-24(18)19)11-23(13-17)20-22-21-14-25-20;2-1-3/h1-3,5-6,14,16-19H,4,7-13H2;1H,(H,2,3)/t16-,17+,18+,19-;/m0./s1. The Bertz CT molecular complexity index is 742. The molecule has 1 aromatic heterocycles. The molecule has 4 atom stereocenters. The zero-order valence-corrected chi connectivity index (χ0v) is 16.9. The molecule has 150 valence electrons. The maximum absolute atomic E-state index is 8.36. The molecule has 6 nitrogen and oxygen atoms in total. The molecule has 0 unspecified atom stereocenters. The predicted octanol–water partition coefficient (Wildman–Crippen LogP) is 3.16. The van der Waals surface area contributed by atoms with Crippen molar-refractivity contribution in [3.05, 3.63) is 41.4 Å². The second-order valence-corrected chi connectivity index (χ2v) is 8.94. The number of hydrogen-bond acceptors (Lipinski definition) is 6. The average molecular weight is 401 g/mol. The van der Waals surface area contributed by atoms with Crippen molar-refractivity contribution in [1.29, 1.82) is 0 Å². The van der Waals surface area contributed by atoms with Gasteiger partial charge in [0.1, 0.15) is 5.51 Å². The third kappa shape index (κ3) is 4.20. The van der Waals surface area contributed by atoms with Gasteiger partial charge in [0.05, 0.1) is 0 Å². The molecular formula is C21H28N4O2S. The van der Waals surface area contributed by atoms with Gasteiger partial charge in [0.25, 0.3) is 6.47 Å². The Labute approximate surface area is 170 Å². The van der Waals surface area contributed by atoms with E-state index in [1.54, 1.807) is 11.3 Å². The van der Waals surface area contributed by atoms with Crippen LogP contribution in [0.25, 0.3) is 0 Å². The monoisotopic (exact) mass is 400 g/mol. The summed E-state index contributed by atoms with van der Waals surface area (Å²) in [6, 6.07) is 12.6. The van der Waals surface area contributed by atoms with Crippen molar-refractivity contribution >= 4 is 22.9 Å². The summed E-state index contributed by atoms with van der Waals surface area (Å²) in [6.45, 7) is 3.35. The predicted molar refractivity (Wildman–Crippen MR) is 111 cm³/mol. The molecule has 0 radical (unpaired) electrons. The van der Waals surface area contributed by atoms with Crippen LogP contribution in [0, 0.1) is 11.8 Å². The van der Waals surface area contributed by atoms with Crippen LogP contribution in [0.2, 0.25) is 0 Å². The number of aromatic nitrogens is 2. The van der Waals surface area contributed by atoms with Crippen molar-refractivity contribution in [1.82, 2.24) is 15.1 Å². The van der Waals surface area contributed by atoms with Crippen molar-refractivity contribution < 1.29 is 9.90 Å². The molecule has 2 aromatic rings. The molecule has 3 fully saturated rings. The summed E-state index contributed by atoms with van der Waals surface area (Å²) in [5.74, 6) is 1.59. The number of anilines is 1. The number of benzene rings is 1. The minimum absolute atomic E-state index is 0.250. The lowest BCUT2D eigenvalue weighted by Gasteiger charge is -2.55. The highest BCUT2D eigenvalue weighted by Crippen LogP contribution is 2.41. The Balaban J connectivity index is 0.000000604. The van der Waals surface area contributed by atoms with Gasteiger partial charge in [-0.1, -0.05) is 48.1 Å². The van der Waals surface area contributed by atoms with Crippen LogP contribution in [0.5, 0.6) is 0 Å². The Hall–Kier alpha value is -1.99. The number of carboxylic acid groups (broad SMARTS) is 1. The van der Waals surface area contributed by atoms with Gasteiger partial charge in [-0.25, -0.2) is 0 Å². The summed E-state index contributed by atoms with van der Waals surface area (Å²) in [6.07, 6.45) is 6.77. The number of piperidine rings is 3. The van der Waals surface area contributed by atoms with E-state index < -0.39 is 0 Å². The average Bonchev–Trinajstić information content (AvgIpc) is 3.25. The maximum Gasteiger partial charge on any atom is 0.290 e. The minimum atomic E-state index is -0.250. The third-order valence-electron chi connectivity index (χ3n) is 6.45. The van der Waals surface area contributed by atoms with E-state index in [0.29, 0.717) is 0 Å². The van der Waals surface area contributed by atoms with E-state index in [1.165, 1.54) is 50.8 Å². The van der Waals surface area contributed by atoms with Crippen molar-refractivity contribution in [3.8, 4) is 0 Å². The lowest BCUT2D eigenvalue weighted by Crippen LogP contribution is -2.62. The van der Waals surface area contributed by atoms with Crippen LogP contribution in [0.15, 0.2) is 35.8 Å². The van der Waals surface area contributed by atoms with Crippen molar-refractivity contribution in [2.45, 2.75) is 44.2 Å². The molecule has 1 N–H and O–H groups in total. The van der Waals surface area contributed by atoms with Gasteiger partial charge < -0.3 is 10.0 Å². The Morgan fingerprint density at radius 1 is 1.18 bits per heavy atom. The molecule has 0 amide bonds. The lowest BCUT2D eigenvalue weighted by molar-refractivity contribution is -0.122. The molecular weight excluding hydrogens is 372 g/mol. The van der Waals surface area contributed by atoms with Gasteiger partial charge in [-0.05, 0) is 43.1 Å². The number of nitrogens with zero attached hydrogens (tertiary/aromatic N) is 4. The smallest absolute Gasteiger partial charge is 0.290 e. The van der Waals surface area contributed by atoms with E-state index >= 15 is 0 Å². The zero-order chi connectivity index (χ0) is 19.3. The topological polar surface area (TPSA) is 69.6 Å². The fourth-order valence-electron chi connectivity index (χ4n) is 5.48. The van der Waals surface area contributed by atoms with Crippen LogP contribution in [0.3, 0.4) is 0 Å². The van der Waals surface area contributed by atoms with Gasteiger partial charge in [0, 0.05) is 31.7 Å².